The molecule has 2 rings (SSSR count). The fraction of sp³-hybridized carbons (Fsp3) is 0.0714. The summed E-state index contributed by atoms with van der Waals surface area (Å²) in [6, 6.07) is 12.0. The zero-order valence-corrected chi connectivity index (χ0v) is 12.3. The molecule has 2 aromatic carbocycles. The van der Waals surface area contributed by atoms with E-state index in [1.165, 1.54) is 17.8 Å². The number of hydrogen-bond acceptors (Lipinski definition) is 3. The standard InChI is InChI=1S/C14H10BrFN2S/c15-12-6-11(18)3-4-14(12)19-8-10-2-1-9(7-17)5-13(10)16/h1-6H,8,18H2. The van der Waals surface area contributed by atoms with Crippen LogP contribution in [0.5, 0.6) is 0 Å². The molecule has 0 radical (unpaired) electrons. The van der Waals surface area contributed by atoms with E-state index in [0.29, 0.717) is 22.6 Å². The molecule has 0 aliphatic heterocycles. The summed E-state index contributed by atoms with van der Waals surface area (Å²) in [7, 11) is 0. The van der Waals surface area contributed by atoms with Gasteiger partial charge in [-0.3, -0.25) is 0 Å². The van der Waals surface area contributed by atoms with Crippen molar-refractivity contribution in [2.24, 2.45) is 0 Å². The van der Waals surface area contributed by atoms with Crippen LogP contribution in [0.15, 0.2) is 45.8 Å². The van der Waals surface area contributed by atoms with Gasteiger partial charge in [0.25, 0.3) is 0 Å². The quantitative estimate of drug-likeness (QED) is 0.670. The number of nitrogen functional groups attached to an aromatic ring is 1. The smallest absolute Gasteiger partial charge is 0.128 e. The van der Waals surface area contributed by atoms with Gasteiger partial charge >= 0.3 is 0 Å². The van der Waals surface area contributed by atoms with Crippen molar-refractivity contribution in [1.29, 1.82) is 5.26 Å². The van der Waals surface area contributed by atoms with Crippen LogP contribution < -0.4 is 5.73 Å². The van der Waals surface area contributed by atoms with Crippen molar-refractivity contribution in [1.82, 2.24) is 0 Å². The lowest BCUT2D eigenvalue weighted by Gasteiger charge is -2.06. The van der Waals surface area contributed by atoms with Crippen LogP contribution in [-0.2, 0) is 5.75 Å². The molecule has 5 heteroatoms. The van der Waals surface area contributed by atoms with Crippen LogP contribution in [0.4, 0.5) is 10.1 Å². The number of halogens is 2. The van der Waals surface area contributed by atoms with Crippen LogP contribution in [0, 0.1) is 17.1 Å². The minimum atomic E-state index is -0.349. The highest BCUT2D eigenvalue weighted by Gasteiger charge is 2.06. The fourth-order valence-corrected chi connectivity index (χ4v) is 3.17. The van der Waals surface area contributed by atoms with Crippen molar-refractivity contribution in [3.63, 3.8) is 0 Å². The number of thioether (sulfide) groups is 1. The first-order chi connectivity index (χ1) is 9.10. The summed E-state index contributed by atoms with van der Waals surface area (Å²) < 4.78 is 14.6. The summed E-state index contributed by atoms with van der Waals surface area (Å²) >= 11 is 4.94. The Morgan fingerprint density at radius 2 is 2.05 bits per heavy atom. The van der Waals surface area contributed by atoms with E-state index in [1.54, 1.807) is 12.1 Å². The summed E-state index contributed by atoms with van der Waals surface area (Å²) in [6.45, 7) is 0. The third kappa shape index (κ3) is 3.49. The minimum Gasteiger partial charge on any atom is -0.399 e. The number of anilines is 1. The van der Waals surface area contributed by atoms with Crippen LogP contribution in [0.3, 0.4) is 0 Å². The highest BCUT2D eigenvalue weighted by molar-refractivity contribution is 9.10. The molecule has 19 heavy (non-hydrogen) atoms. The second-order valence-corrected chi connectivity index (χ2v) is 5.77. The van der Waals surface area contributed by atoms with Gasteiger partial charge in [0.1, 0.15) is 5.82 Å². The van der Waals surface area contributed by atoms with Crippen LogP contribution >= 0.6 is 27.7 Å². The van der Waals surface area contributed by atoms with Gasteiger partial charge < -0.3 is 5.73 Å². The first kappa shape index (κ1) is 13.9. The van der Waals surface area contributed by atoms with Crippen molar-refractivity contribution in [2.45, 2.75) is 10.6 Å². The second kappa shape index (κ2) is 6.09. The Hall–Kier alpha value is -1.51. The van der Waals surface area contributed by atoms with Gasteiger partial charge in [-0.15, -0.1) is 11.8 Å². The Labute approximate surface area is 123 Å². The molecular formula is C14H10BrFN2S. The molecule has 96 valence electrons. The molecule has 0 saturated carbocycles. The maximum absolute atomic E-state index is 13.7. The number of rotatable bonds is 3. The van der Waals surface area contributed by atoms with Crippen LogP contribution in [0.2, 0.25) is 0 Å². The lowest BCUT2D eigenvalue weighted by Crippen LogP contribution is -1.90. The van der Waals surface area contributed by atoms with Crippen LogP contribution in [0.1, 0.15) is 11.1 Å². The van der Waals surface area contributed by atoms with Gasteiger partial charge in [0.2, 0.25) is 0 Å². The monoisotopic (exact) mass is 336 g/mol. The Balaban J connectivity index is 2.13. The third-order valence-corrected chi connectivity index (χ3v) is 4.56. The third-order valence-electron chi connectivity index (χ3n) is 2.52. The van der Waals surface area contributed by atoms with E-state index >= 15 is 0 Å². The number of benzene rings is 2. The van der Waals surface area contributed by atoms with Gasteiger partial charge in [-0.2, -0.15) is 5.26 Å². The Morgan fingerprint density at radius 1 is 1.26 bits per heavy atom. The average Bonchev–Trinajstić information content (AvgIpc) is 2.39. The van der Waals surface area contributed by atoms with E-state index in [0.717, 1.165) is 9.37 Å². The molecule has 0 aliphatic rings. The van der Waals surface area contributed by atoms with E-state index in [-0.39, 0.29) is 5.82 Å². The SMILES string of the molecule is N#Cc1ccc(CSc2ccc(N)cc2Br)c(F)c1. The number of hydrogen-bond donors (Lipinski definition) is 1. The van der Waals surface area contributed by atoms with E-state index < -0.39 is 0 Å². The van der Waals surface area contributed by atoms with E-state index in [4.69, 9.17) is 11.0 Å². The first-order valence-electron chi connectivity index (χ1n) is 5.46. The van der Waals surface area contributed by atoms with Gasteiger partial charge in [0.05, 0.1) is 11.6 Å². The van der Waals surface area contributed by atoms with Gasteiger partial charge in [-0.25, -0.2) is 4.39 Å². The largest absolute Gasteiger partial charge is 0.399 e. The number of nitrogens with zero attached hydrogens (tertiary/aromatic N) is 1. The zero-order chi connectivity index (χ0) is 13.8. The number of nitrogens with two attached hydrogens (primary N) is 1. The fourth-order valence-electron chi connectivity index (χ4n) is 1.52. The average molecular weight is 337 g/mol. The maximum Gasteiger partial charge on any atom is 0.128 e. The van der Waals surface area contributed by atoms with Crippen molar-refractivity contribution in [2.75, 3.05) is 5.73 Å². The second-order valence-electron chi connectivity index (χ2n) is 3.90. The van der Waals surface area contributed by atoms with Crippen LogP contribution in [-0.4, -0.2) is 0 Å². The summed E-state index contributed by atoms with van der Waals surface area (Å²) in [5.74, 6) is 0.151. The summed E-state index contributed by atoms with van der Waals surface area (Å²) in [5.41, 5.74) is 7.25. The molecular weight excluding hydrogens is 327 g/mol. The summed E-state index contributed by atoms with van der Waals surface area (Å²) in [4.78, 5) is 0.998. The molecule has 2 aromatic rings. The van der Waals surface area contributed by atoms with Gasteiger partial charge in [-0.1, -0.05) is 6.07 Å². The Kier molecular flexibility index (Phi) is 4.46. The molecule has 0 saturated heterocycles. The minimum absolute atomic E-state index is 0.333. The Morgan fingerprint density at radius 3 is 2.68 bits per heavy atom. The zero-order valence-electron chi connectivity index (χ0n) is 9.86. The van der Waals surface area contributed by atoms with Crippen molar-refractivity contribution < 1.29 is 4.39 Å². The van der Waals surface area contributed by atoms with Crippen LogP contribution in [0.25, 0.3) is 0 Å². The molecule has 0 unspecified atom stereocenters. The lowest BCUT2D eigenvalue weighted by atomic mass is 10.1. The molecule has 2 nitrogen and oxygen atoms in total. The van der Waals surface area contributed by atoms with Crippen molar-refractivity contribution in [3.8, 4) is 6.07 Å². The van der Waals surface area contributed by atoms with Gasteiger partial charge in [0.15, 0.2) is 0 Å². The van der Waals surface area contributed by atoms with E-state index in [2.05, 4.69) is 15.9 Å². The first-order valence-corrected chi connectivity index (χ1v) is 7.24. The molecule has 0 heterocycles. The molecule has 0 fully saturated rings. The van der Waals surface area contributed by atoms with Crippen molar-refractivity contribution >= 4 is 33.4 Å². The predicted octanol–water partition coefficient (Wildman–Crippen LogP) is 4.33. The van der Waals surface area contributed by atoms with E-state index in [1.807, 2.05) is 24.3 Å². The van der Waals surface area contributed by atoms with Gasteiger partial charge in [0, 0.05) is 20.8 Å². The Bertz CT molecular complexity index is 652. The molecule has 0 atom stereocenters. The molecule has 0 amide bonds. The predicted molar refractivity (Wildman–Crippen MR) is 79.2 cm³/mol. The molecule has 0 spiro atoms. The topological polar surface area (TPSA) is 49.8 Å². The van der Waals surface area contributed by atoms with E-state index in [9.17, 15) is 4.39 Å². The highest BCUT2D eigenvalue weighted by Crippen LogP contribution is 2.32. The summed E-state index contributed by atoms with van der Waals surface area (Å²) in [6.07, 6.45) is 0. The maximum atomic E-state index is 13.7. The molecule has 0 bridgehead atoms. The molecule has 0 aliphatic carbocycles. The molecule has 0 aromatic heterocycles. The normalized spacial score (nSPS) is 10.2. The molecule has 2 N–H and O–H groups in total. The highest BCUT2D eigenvalue weighted by atomic mass is 79.9. The van der Waals surface area contributed by atoms with Crippen molar-refractivity contribution in [3.05, 3.63) is 57.8 Å². The number of nitriles is 1. The summed E-state index contributed by atoms with van der Waals surface area (Å²) in [5, 5.41) is 8.68. The van der Waals surface area contributed by atoms with Gasteiger partial charge in [-0.05, 0) is 51.8 Å². The lowest BCUT2D eigenvalue weighted by molar-refractivity contribution is 0.617.